The molecule has 0 amide bonds. The Kier molecular flexibility index (Phi) is 4.42. The molecule has 0 saturated heterocycles. The Bertz CT molecular complexity index is 650. The summed E-state index contributed by atoms with van der Waals surface area (Å²) in [5.74, 6) is 0.727. The van der Waals surface area contributed by atoms with Crippen molar-refractivity contribution in [3.63, 3.8) is 0 Å². The van der Waals surface area contributed by atoms with Gasteiger partial charge in [-0.05, 0) is 23.8 Å². The number of anilines is 1. The highest BCUT2D eigenvalue weighted by molar-refractivity contribution is 5.76. The summed E-state index contributed by atoms with van der Waals surface area (Å²) in [6.07, 6.45) is 1.73. The summed E-state index contributed by atoms with van der Waals surface area (Å²) in [6.45, 7) is 0.954. The van der Waals surface area contributed by atoms with Gasteiger partial charge in [-0.1, -0.05) is 12.1 Å². The van der Waals surface area contributed by atoms with Crippen molar-refractivity contribution in [1.29, 1.82) is 0 Å². The van der Waals surface area contributed by atoms with Crippen LogP contribution in [-0.2, 0) is 11.3 Å². The number of nitrogens with zero attached hydrogens (tertiary/aromatic N) is 1. The predicted molar refractivity (Wildman–Crippen MR) is 79.0 cm³/mol. The number of nitrogen functional groups attached to an aromatic ring is 1. The summed E-state index contributed by atoms with van der Waals surface area (Å²) in [6, 6.07) is 9.29. The first-order valence-corrected chi connectivity index (χ1v) is 6.29. The van der Waals surface area contributed by atoms with Gasteiger partial charge in [0.05, 0.1) is 13.7 Å². The van der Waals surface area contributed by atoms with Crippen LogP contribution >= 0.6 is 0 Å². The predicted octanol–water partition coefficient (Wildman–Crippen LogP) is 1.75. The molecule has 2 N–H and O–H groups in total. The molecule has 0 aliphatic carbocycles. The van der Waals surface area contributed by atoms with Gasteiger partial charge in [0.1, 0.15) is 11.4 Å². The van der Waals surface area contributed by atoms with Crippen LogP contribution in [0.25, 0.3) is 11.1 Å². The minimum atomic E-state index is -0.206. The van der Waals surface area contributed by atoms with E-state index in [-0.39, 0.29) is 11.2 Å². The van der Waals surface area contributed by atoms with Gasteiger partial charge in [-0.3, -0.25) is 4.79 Å². The second kappa shape index (κ2) is 6.25. The van der Waals surface area contributed by atoms with Gasteiger partial charge in [-0.2, -0.15) is 0 Å². The highest BCUT2D eigenvalue weighted by atomic mass is 16.5. The van der Waals surface area contributed by atoms with Crippen molar-refractivity contribution in [2.75, 3.05) is 26.6 Å². The molecular weight excluding hydrogens is 256 g/mol. The van der Waals surface area contributed by atoms with Crippen LogP contribution in [0.15, 0.2) is 41.3 Å². The third-order valence-corrected chi connectivity index (χ3v) is 3.12. The molecule has 0 saturated carbocycles. The topological polar surface area (TPSA) is 66.5 Å². The van der Waals surface area contributed by atoms with Gasteiger partial charge in [0.25, 0.3) is 5.56 Å². The lowest BCUT2D eigenvalue weighted by Gasteiger charge is -2.11. The maximum Gasteiger partial charge on any atom is 0.274 e. The van der Waals surface area contributed by atoms with E-state index in [2.05, 4.69) is 0 Å². The number of aromatic nitrogens is 1. The van der Waals surface area contributed by atoms with Crippen molar-refractivity contribution >= 4 is 5.69 Å². The Morgan fingerprint density at radius 3 is 2.75 bits per heavy atom. The monoisotopic (exact) mass is 274 g/mol. The van der Waals surface area contributed by atoms with E-state index in [9.17, 15) is 4.79 Å². The van der Waals surface area contributed by atoms with E-state index in [0.29, 0.717) is 18.7 Å². The van der Waals surface area contributed by atoms with Crippen LogP contribution < -0.4 is 16.0 Å². The van der Waals surface area contributed by atoms with E-state index in [1.807, 2.05) is 30.3 Å². The number of benzene rings is 1. The molecule has 1 heterocycles. The summed E-state index contributed by atoms with van der Waals surface area (Å²) in [4.78, 5) is 12.2. The maximum atomic E-state index is 12.2. The number of pyridine rings is 1. The van der Waals surface area contributed by atoms with Gasteiger partial charge in [-0.15, -0.1) is 0 Å². The minimum absolute atomic E-state index is 0.206. The Morgan fingerprint density at radius 2 is 2.05 bits per heavy atom. The molecule has 0 fully saturated rings. The third kappa shape index (κ3) is 2.83. The molecule has 106 valence electrons. The highest BCUT2D eigenvalue weighted by Gasteiger charge is 2.09. The number of hydrogen-bond donors (Lipinski definition) is 1. The molecule has 20 heavy (non-hydrogen) atoms. The number of rotatable bonds is 5. The van der Waals surface area contributed by atoms with Gasteiger partial charge in [0, 0.05) is 25.4 Å². The summed E-state index contributed by atoms with van der Waals surface area (Å²) >= 11 is 0. The average molecular weight is 274 g/mol. The average Bonchev–Trinajstić information content (AvgIpc) is 2.49. The quantitative estimate of drug-likeness (QED) is 0.902. The van der Waals surface area contributed by atoms with Crippen molar-refractivity contribution in [2.45, 2.75) is 6.54 Å². The molecule has 5 nitrogen and oxygen atoms in total. The fourth-order valence-electron chi connectivity index (χ4n) is 2.00. The van der Waals surface area contributed by atoms with Crippen molar-refractivity contribution in [3.8, 4) is 16.9 Å². The van der Waals surface area contributed by atoms with Gasteiger partial charge in [-0.25, -0.2) is 0 Å². The molecule has 0 radical (unpaired) electrons. The molecule has 0 unspecified atom stereocenters. The zero-order valence-corrected chi connectivity index (χ0v) is 11.6. The molecule has 0 bridgehead atoms. The van der Waals surface area contributed by atoms with Crippen molar-refractivity contribution in [2.24, 2.45) is 0 Å². The van der Waals surface area contributed by atoms with Crippen LogP contribution in [-0.4, -0.2) is 25.4 Å². The number of ether oxygens (including phenoxy) is 2. The molecule has 2 rings (SSSR count). The van der Waals surface area contributed by atoms with E-state index in [1.165, 1.54) is 0 Å². The Labute approximate surface area is 117 Å². The Balaban J connectivity index is 2.43. The maximum absolute atomic E-state index is 12.2. The molecule has 0 spiro atoms. The minimum Gasteiger partial charge on any atom is -0.497 e. The standard InChI is InChI=1S/C15H18N2O3/c1-19-9-8-17-7-6-13(14(16)15(17)18)11-4-3-5-12(10-11)20-2/h3-7,10H,8-9,16H2,1-2H3. The second-order valence-corrected chi connectivity index (χ2v) is 4.37. The van der Waals surface area contributed by atoms with E-state index >= 15 is 0 Å². The van der Waals surface area contributed by atoms with E-state index < -0.39 is 0 Å². The SMILES string of the molecule is COCCn1ccc(-c2cccc(OC)c2)c(N)c1=O. The molecule has 0 aliphatic heterocycles. The molecule has 0 aliphatic rings. The molecule has 1 aromatic carbocycles. The smallest absolute Gasteiger partial charge is 0.274 e. The van der Waals surface area contributed by atoms with Gasteiger partial charge >= 0.3 is 0 Å². The zero-order valence-electron chi connectivity index (χ0n) is 11.6. The van der Waals surface area contributed by atoms with Crippen LogP contribution in [0.2, 0.25) is 0 Å². The lowest BCUT2D eigenvalue weighted by molar-refractivity contribution is 0.186. The number of hydrogen-bond acceptors (Lipinski definition) is 4. The van der Waals surface area contributed by atoms with E-state index in [1.54, 1.807) is 25.0 Å². The molecule has 0 atom stereocenters. The fourth-order valence-corrected chi connectivity index (χ4v) is 2.00. The largest absolute Gasteiger partial charge is 0.497 e. The Hall–Kier alpha value is -2.27. The summed E-state index contributed by atoms with van der Waals surface area (Å²) in [5.41, 5.74) is 7.56. The van der Waals surface area contributed by atoms with Crippen LogP contribution in [0.5, 0.6) is 5.75 Å². The molecule has 5 heteroatoms. The van der Waals surface area contributed by atoms with Gasteiger partial charge < -0.3 is 19.8 Å². The van der Waals surface area contributed by atoms with E-state index in [4.69, 9.17) is 15.2 Å². The van der Waals surface area contributed by atoms with Crippen molar-refractivity contribution in [1.82, 2.24) is 4.57 Å². The molecule has 1 aromatic heterocycles. The first kappa shape index (κ1) is 14.1. The second-order valence-electron chi connectivity index (χ2n) is 4.37. The fraction of sp³-hybridized carbons (Fsp3) is 0.267. The first-order valence-electron chi connectivity index (χ1n) is 6.29. The Morgan fingerprint density at radius 1 is 1.25 bits per heavy atom. The lowest BCUT2D eigenvalue weighted by Crippen LogP contribution is -2.24. The first-order chi connectivity index (χ1) is 9.67. The molecular formula is C15H18N2O3. The normalized spacial score (nSPS) is 10.5. The molecule has 2 aromatic rings. The number of nitrogens with two attached hydrogens (primary N) is 1. The van der Waals surface area contributed by atoms with Gasteiger partial charge in [0.15, 0.2) is 0 Å². The van der Waals surface area contributed by atoms with E-state index in [0.717, 1.165) is 11.3 Å². The zero-order chi connectivity index (χ0) is 14.5. The van der Waals surface area contributed by atoms with Gasteiger partial charge in [0.2, 0.25) is 0 Å². The van der Waals surface area contributed by atoms with Crippen LogP contribution in [0.4, 0.5) is 5.69 Å². The van der Waals surface area contributed by atoms with Crippen molar-refractivity contribution < 1.29 is 9.47 Å². The van der Waals surface area contributed by atoms with Crippen LogP contribution in [0.3, 0.4) is 0 Å². The number of methoxy groups -OCH3 is 2. The third-order valence-electron chi connectivity index (χ3n) is 3.12. The summed E-state index contributed by atoms with van der Waals surface area (Å²) in [5, 5.41) is 0. The van der Waals surface area contributed by atoms with Crippen molar-refractivity contribution in [3.05, 3.63) is 46.9 Å². The summed E-state index contributed by atoms with van der Waals surface area (Å²) < 4.78 is 11.7. The summed E-state index contributed by atoms with van der Waals surface area (Å²) in [7, 11) is 3.20. The van der Waals surface area contributed by atoms with Crippen LogP contribution in [0.1, 0.15) is 0 Å². The van der Waals surface area contributed by atoms with Crippen LogP contribution in [0, 0.1) is 0 Å². The highest BCUT2D eigenvalue weighted by Crippen LogP contribution is 2.26. The lowest BCUT2D eigenvalue weighted by atomic mass is 10.1.